The summed E-state index contributed by atoms with van der Waals surface area (Å²) < 4.78 is 6.22. The Balaban J connectivity index is 2.10. The van der Waals surface area contributed by atoms with Gasteiger partial charge in [0.2, 0.25) is 0 Å². The first-order valence-electron chi connectivity index (χ1n) is 12.1. The van der Waals surface area contributed by atoms with Crippen LogP contribution in [0.4, 0.5) is 11.6 Å². The molecular weight excluding hydrogens is 464 g/mol. The monoisotopic (exact) mass is 500 g/mol. The summed E-state index contributed by atoms with van der Waals surface area (Å²) in [6.07, 6.45) is 1.48. The number of nitrogen functional groups attached to an aromatic ring is 1. The summed E-state index contributed by atoms with van der Waals surface area (Å²) in [7, 11) is 1.97. The van der Waals surface area contributed by atoms with Crippen LogP contribution in [0.2, 0.25) is 5.02 Å². The van der Waals surface area contributed by atoms with Crippen molar-refractivity contribution in [2.45, 2.75) is 65.0 Å². The van der Waals surface area contributed by atoms with Gasteiger partial charge < -0.3 is 20.5 Å². The summed E-state index contributed by atoms with van der Waals surface area (Å²) >= 11 is 6.69. The van der Waals surface area contributed by atoms with Gasteiger partial charge in [-0.15, -0.1) is 0 Å². The van der Waals surface area contributed by atoms with Gasteiger partial charge in [0.25, 0.3) is 0 Å². The summed E-state index contributed by atoms with van der Waals surface area (Å²) in [4.78, 5) is 13.0. The second-order valence-corrected chi connectivity index (χ2v) is 10.5. The summed E-state index contributed by atoms with van der Waals surface area (Å²) in [5, 5.41) is 20.2. The molecule has 1 aromatic heterocycles. The summed E-state index contributed by atoms with van der Waals surface area (Å²) in [6, 6.07) is 3.98. The molecule has 8 nitrogen and oxygen atoms in total. The van der Waals surface area contributed by atoms with E-state index in [4.69, 9.17) is 22.1 Å². The highest BCUT2D eigenvalue weighted by Gasteiger charge is 2.41. The number of hydrogen-bond donors (Lipinski definition) is 2. The maximum atomic E-state index is 9.99. The number of likely N-dealkylation sites (tertiary alicyclic amines) is 1. The predicted molar refractivity (Wildman–Crippen MR) is 140 cm³/mol. The number of nitrogens with two attached hydrogens (primary N) is 1. The third-order valence-corrected chi connectivity index (χ3v) is 7.36. The fraction of sp³-hybridized carbons (Fsp3) is 0.577. The lowest BCUT2D eigenvalue weighted by Gasteiger charge is -2.49. The highest BCUT2D eigenvalue weighted by Crippen LogP contribution is 2.46. The Morgan fingerprint density at radius 3 is 2.54 bits per heavy atom. The average molecular weight is 501 g/mol. The number of rotatable bonds is 9. The Morgan fingerprint density at radius 2 is 2.00 bits per heavy atom. The maximum absolute atomic E-state index is 9.99. The average Bonchev–Trinajstić information content (AvgIpc) is 2.78. The van der Waals surface area contributed by atoms with E-state index in [0.29, 0.717) is 41.8 Å². The van der Waals surface area contributed by atoms with E-state index < -0.39 is 0 Å². The lowest BCUT2D eigenvalue weighted by molar-refractivity contribution is -0.00313. The van der Waals surface area contributed by atoms with E-state index in [2.05, 4.69) is 46.6 Å². The van der Waals surface area contributed by atoms with E-state index in [-0.39, 0.29) is 30.0 Å². The Hall–Kier alpha value is -2.60. The third-order valence-electron chi connectivity index (χ3n) is 7.07. The van der Waals surface area contributed by atoms with Gasteiger partial charge >= 0.3 is 0 Å². The molecule has 1 aliphatic rings. The van der Waals surface area contributed by atoms with Crippen molar-refractivity contribution in [2.24, 2.45) is 0 Å². The molecule has 0 bridgehead atoms. The Morgan fingerprint density at radius 1 is 1.34 bits per heavy atom. The normalized spacial score (nSPS) is 15.6. The van der Waals surface area contributed by atoms with Gasteiger partial charge in [-0.1, -0.05) is 25.4 Å². The Labute approximate surface area is 213 Å². The number of ether oxygens (including phenoxy) is 1. The Bertz CT molecular complexity index is 1110. The van der Waals surface area contributed by atoms with Crippen LogP contribution >= 0.6 is 11.6 Å². The van der Waals surface area contributed by atoms with Crippen molar-refractivity contribution >= 4 is 23.2 Å². The van der Waals surface area contributed by atoms with Crippen LogP contribution in [0, 0.1) is 11.3 Å². The van der Waals surface area contributed by atoms with E-state index >= 15 is 0 Å². The van der Waals surface area contributed by atoms with Gasteiger partial charge in [0, 0.05) is 48.3 Å². The first-order valence-corrected chi connectivity index (χ1v) is 12.4. The molecule has 9 heteroatoms. The van der Waals surface area contributed by atoms with Gasteiger partial charge in [0.1, 0.15) is 29.8 Å². The number of aliphatic hydroxyl groups excluding tert-OH is 1. The van der Waals surface area contributed by atoms with Crippen LogP contribution in [0.25, 0.3) is 0 Å². The minimum absolute atomic E-state index is 0.0615. The maximum Gasteiger partial charge on any atom is 0.137 e. The number of halogens is 1. The summed E-state index contributed by atoms with van der Waals surface area (Å²) in [5.74, 6) is 2.14. The van der Waals surface area contributed by atoms with E-state index in [0.717, 1.165) is 22.5 Å². The number of hydrogen-bond acceptors (Lipinski definition) is 8. The van der Waals surface area contributed by atoms with Crippen molar-refractivity contribution < 1.29 is 9.84 Å². The number of aliphatic hydroxyl groups is 1. The molecule has 35 heavy (non-hydrogen) atoms. The zero-order valence-electron chi connectivity index (χ0n) is 21.8. The second kappa shape index (κ2) is 10.6. The SMILES string of the molecule is CCOc1c(C(C)N(C)c2ncnc(N)c2C(C)C)cc(Cl)c(C#N)c1C1CN(C(C)(C)CO)C1. The van der Waals surface area contributed by atoms with Crippen LogP contribution in [0.5, 0.6) is 5.75 Å². The van der Waals surface area contributed by atoms with E-state index in [1.54, 1.807) is 0 Å². The molecule has 0 saturated carbocycles. The molecule has 1 atom stereocenters. The second-order valence-electron chi connectivity index (χ2n) is 10.1. The van der Waals surface area contributed by atoms with Gasteiger partial charge in [0.15, 0.2) is 0 Å². The Kier molecular flexibility index (Phi) is 8.15. The topological polar surface area (TPSA) is 112 Å². The minimum atomic E-state index is -0.329. The highest BCUT2D eigenvalue weighted by atomic mass is 35.5. The van der Waals surface area contributed by atoms with Crippen LogP contribution in [0.1, 0.15) is 81.7 Å². The number of anilines is 2. The molecule has 190 valence electrons. The van der Waals surface area contributed by atoms with Gasteiger partial charge in [-0.3, -0.25) is 4.90 Å². The molecule has 1 fully saturated rings. The van der Waals surface area contributed by atoms with E-state index in [9.17, 15) is 10.4 Å². The van der Waals surface area contributed by atoms with Gasteiger partial charge in [-0.25, -0.2) is 9.97 Å². The zero-order chi connectivity index (χ0) is 26.1. The van der Waals surface area contributed by atoms with Crippen LogP contribution in [0.3, 0.4) is 0 Å². The lowest BCUT2D eigenvalue weighted by Crippen LogP contribution is -2.57. The standard InChI is InChI=1S/C26H37ClN6O2/c1-8-35-23-18(16(4)32(7)25-21(15(2)3)24(29)30-14-31-25)9-20(27)19(10-28)22(23)17-11-33(12-17)26(5,6)13-34/h9,14-17,34H,8,11-13H2,1-7H3,(H2,29,30,31). The fourth-order valence-corrected chi connectivity index (χ4v) is 4.93. The molecule has 1 saturated heterocycles. The van der Waals surface area contributed by atoms with Gasteiger partial charge in [-0.05, 0) is 39.7 Å². The highest BCUT2D eigenvalue weighted by molar-refractivity contribution is 6.32. The van der Waals surface area contributed by atoms with Crippen LogP contribution < -0.4 is 15.4 Å². The molecule has 2 heterocycles. The smallest absolute Gasteiger partial charge is 0.137 e. The molecule has 2 aromatic rings. The first-order chi connectivity index (χ1) is 16.5. The van der Waals surface area contributed by atoms with Crippen molar-refractivity contribution in [3.05, 3.63) is 39.7 Å². The number of aromatic nitrogens is 2. The molecule has 1 aromatic carbocycles. The van der Waals surface area contributed by atoms with Crippen molar-refractivity contribution in [1.82, 2.24) is 14.9 Å². The molecule has 0 amide bonds. The molecule has 0 aliphatic carbocycles. The van der Waals surface area contributed by atoms with Crippen molar-refractivity contribution in [3.63, 3.8) is 0 Å². The fourth-order valence-electron chi connectivity index (χ4n) is 4.67. The van der Waals surface area contributed by atoms with E-state index in [1.165, 1.54) is 6.33 Å². The lowest BCUT2D eigenvalue weighted by atomic mass is 9.82. The van der Waals surface area contributed by atoms with E-state index in [1.807, 2.05) is 33.9 Å². The molecule has 3 rings (SSSR count). The van der Waals surface area contributed by atoms with Crippen molar-refractivity contribution in [3.8, 4) is 11.8 Å². The predicted octanol–water partition coefficient (Wildman–Crippen LogP) is 4.47. The van der Waals surface area contributed by atoms with Crippen LogP contribution in [-0.2, 0) is 0 Å². The quantitative estimate of drug-likeness (QED) is 0.518. The van der Waals surface area contributed by atoms with Crippen LogP contribution in [0.15, 0.2) is 12.4 Å². The van der Waals surface area contributed by atoms with Crippen molar-refractivity contribution in [1.29, 1.82) is 5.26 Å². The molecule has 0 radical (unpaired) electrons. The third kappa shape index (κ3) is 5.04. The van der Waals surface area contributed by atoms with Gasteiger partial charge in [-0.2, -0.15) is 5.26 Å². The molecule has 0 spiro atoms. The minimum Gasteiger partial charge on any atom is -0.493 e. The van der Waals surface area contributed by atoms with Gasteiger partial charge in [0.05, 0.1) is 29.8 Å². The summed E-state index contributed by atoms with van der Waals surface area (Å²) in [5.41, 5.74) is 8.95. The molecule has 3 N–H and O–H groups in total. The molecule has 1 unspecified atom stereocenters. The zero-order valence-corrected chi connectivity index (χ0v) is 22.5. The molecular formula is C26H37ClN6O2. The first kappa shape index (κ1) is 27.0. The number of benzene rings is 1. The molecule has 1 aliphatic heterocycles. The number of nitriles is 1. The summed E-state index contributed by atoms with van der Waals surface area (Å²) in [6.45, 7) is 14.1. The van der Waals surface area contributed by atoms with Crippen molar-refractivity contribution in [2.75, 3.05) is 44.0 Å². The number of nitrogens with zero attached hydrogens (tertiary/aromatic N) is 5. The largest absolute Gasteiger partial charge is 0.493 e. The van der Waals surface area contributed by atoms with Crippen LogP contribution in [-0.4, -0.2) is 58.9 Å².